The van der Waals surface area contributed by atoms with Gasteiger partial charge in [-0.05, 0) is 29.8 Å². The Morgan fingerprint density at radius 3 is 2.31 bits per heavy atom. The zero-order valence-corrected chi connectivity index (χ0v) is 16.8. The number of nitrogens with one attached hydrogen (secondary N) is 1. The first-order valence-electron chi connectivity index (χ1n) is 9.35. The first-order valence-corrected chi connectivity index (χ1v) is 9.35. The fraction of sp³-hybridized carbons (Fsp3) is 0.400. The molecule has 0 spiro atoms. The highest BCUT2D eigenvalue weighted by atomic mass is 16.5. The predicted octanol–water partition coefficient (Wildman–Crippen LogP) is 1.09. The lowest BCUT2D eigenvalue weighted by Gasteiger charge is -2.34. The van der Waals surface area contributed by atoms with Crippen LogP contribution in [0.2, 0.25) is 0 Å². The molecule has 29 heavy (non-hydrogen) atoms. The predicted molar refractivity (Wildman–Crippen MR) is 107 cm³/mol. The lowest BCUT2D eigenvalue weighted by molar-refractivity contribution is -0.129. The largest absolute Gasteiger partial charge is 0.493 e. The van der Waals surface area contributed by atoms with Crippen LogP contribution in [0.1, 0.15) is 23.0 Å². The molecule has 1 aromatic heterocycles. The summed E-state index contributed by atoms with van der Waals surface area (Å²) in [6.45, 7) is 4.61. The highest BCUT2D eigenvalue weighted by molar-refractivity contribution is 5.92. The number of anilines is 1. The number of methoxy groups -OCH3 is 2. The van der Waals surface area contributed by atoms with E-state index in [0.717, 1.165) is 5.56 Å². The Hall–Kier alpha value is -3.36. The summed E-state index contributed by atoms with van der Waals surface area (Å²) in [7, 11) is 3.14. The fourth-order valence-corrected chi connectivity index (χ4v) is 3.13. The molecule has 1 aromatic carbocycles. The van der Waals surface area contributed by atoms with Gasteiger partial charge in [-0.3, -0.25) is 9.59 Å². The first-order chi connectivity index (χ1) is 14.0. The fourth-order valence-electron chi connectivity index (χ4n) is 3.13. The maximum absolute atomic E-state index is 12.4. The molecule has 9 nitrogen and oxygen atoms in total. The van der Waals surface area contributed by atoms with Gasteiger partial charge < -0.3 is 24.6 Å². The van der Waals surface area contributed by atoms with Crippen LogP contribution in [0, 0.1) is 0 Å². The van der Waals surface area contributed by atoms with Crippen LogP contribution in [0.4, 0.5) is 5.82 Å². The number of hydrogen-bond donors (Lipinski definition) is 1. The third-order valence-electron chi connectivity index (χ3n) is 4.83. The first kappa shape index (κ1) is 20.4. The van der Waals surface area contributed by atoms with Crippen molar-refractivity contribution in [3.05, 3.63) is 41.6 Å². The Morgan fingerprint density at radius 1 is 1.00 bits per heavy atom. The smallest absolute Gasteiger partial charge is 0.272 e. The number of benzene rings is 1. The molecule has 1 aliphatic heterocycles. The number of piperazine rings is 1. The molecule has 0 saturated carbocycles. The molecule has 1 saturated heterocycles. The van der Waals surface area contributed by atoms with E-state index in [1.54, 1.807) is 44.2 Å². The molecule has 1 N–H and O–H groups in total. The molecule has 0 bridgehead atoms. The second-order valence-corrected chi connectivity index (χ2v) is 6.64. The van der Waals surface area contributed by atoms with E-state index in [-0.39, 0.29) is 17.5 Å². The molecule has 3 rings (SSSR count). The van der Waals surface area contributed by atoms with Gasteiger partial charge in [0.1, 0.15) is 0 Å². The van der Waals surface area contributed by atoms with Gasteiger partial charge in [-0.15, -0.1) is 10.2 Å². The van der Waals surface area contributed by atoms with E-state index in [1.165, 1.54) is 0 Å². The van der Waals surface area contributed by atoms with Crippen LogP contribution in [-0.2, 0) is 11.3 Å². The van der Waals surface area contributed by atoms with Crippen LogP contribution in [0.3, 0.4) is 0 Å². The summed E-state index contributed by atoms with van der Waals surface area (Å²) in [4.78, 5) is 27.6. The minimum absolute atomic E-state index is 0.0808. The highest BCUT2D eigenvalue weighted by Crippen LogP contribution is 2.27. The molecule has 1 fully saturated rings. The molecule has 0 radical (unpaired) electrons. The third-order valence-corrected chi connectivity index (χ3v) is 4.83. The number of rotatable bonds is 6. The minimum atomic E-state index is -0.305. The lowest BCUT2D eigenvalue weighted by Crippen LogP contribution is -2.48. The van der Waals surface area contributed by atoms with Crippen molar-refractivity contribution in [2.45, 2.75) is 13.5 Å². The molecule has 2 heterocycles. The second kappa shape index (κ2) is 9.22. The Kier molecular flexibility index (Phi) is 6.48. The Morgan fingerprint density at radius 2 is 1.72 bits per heavy atom. The van der Waals surface area contributed by atoms with E-state index in [0.29, 0.717) is 50.0 Å². The summed E-state index contributed by atoms with van der Waals surface area (Å²) in [5, 5.41) is 11.1. The molecule has 2 aromatic rings. The van der Waals surface area contributed by atoms with E-state index >= 15 is 0 Å². The molecule has 0 aliphatic carbocycles. The Bertz CT molecular complexity index is 864. The third kappa shape index (κ3) is 4.92. The lowest BCUT2D eigenvalue weighted by atomic mass is 10.2. The number of carbonyl (C=O) groups excluding carboxylic acids is 2. The van der Waals surface area contributed by atoms with Crippen molar-refractivity contribution >= 4 is 17.6 Å². The SMILES string of the molecule is COc1ccc(CNC(=O)c2ccc(N3CCN(C(C)=O)CC3)nn2)cc1OC. The van der Waals surface area contributed by atoms with Crippen LogP contribution in [-0.4, -0.2) is 67.3 Å². The standard InChI is InChI=1S/C20H25N5O4/c1-14(26)24-8-10-25(11-9-24)19-7-5-16(22-23-19)20(27)21-13-15-4-6-17(28-2)18(12-15)29-3/h4-7,12H,8-11,13H2,1-3H3,(H,21,27). The van der Waals surface area contributed by atoms with Crippen molar-refractivity contribution in [3.63, 3.8) is 0 Å². The van der Waals surface area contributed by atoms with Gasteiger partial charge in [-0.2, -0.15) is 0 Å². The normalized spacial score (nSPS) is 13.8. The van der Waals surface area contributed by atoms with Gasteiger partial charge >= 0.3 is 0 Å². The van der Waals surface area contributed by atoms with Gasteiger partial charge in [-0.25, -0.2) is 0 Å². The molecular weight excluding hydrogens is 374 g/mol. The average molecular weight is 399 g/mol. The van der Waals surface area contributed by atoms with Crippen LogP contribution in [0.15, 0.2) is 30.3 Å². The van der Waals surface area contributed by atoms with Crippen LogP contribution in [0.5, 0.6) is 11.5 Å². The number of aromatic nitrogens is 2. The van der Waals surface area contributed by atoms with E-state index in [1.807, 2.05) is 12.1 Å². The number of hydrogen-bond acceptors (Lipinski definition) is 7. The number of nitrogens with zero attached hydrogens (tertiary/aromatic N) is 4. The Labute approximate surface area is 169 Å². The monoisotopic (exact) mass is 399 g/mol. The van der Waals surface area contributed by atoms with Crippen LogP contribution >= 0.6 is 0 Å². The number of amides is 2. The van der Waals surface area contributed by atoms with Crippen LogP contribution < -0.4 is 19.7 Å². The summed E-state index contributed by atoms with van der Waals surface area (Å²) in [5.74, 6) is 1.71. The number of ether oxygens (including phenoxy) is 2. The summed E-state index contributed by atoms with van der Waals surface area (Å²) >= 11 is 0. The van der Waals surface area contributed by atoms with Crippen molar-refractivity contribution in [2.75, 3.05) is 45.3 Å². The second-order valence-electron chi connectivity index (χ2n) is 6.64. The molecule has 9 heteroatoms. The Balaban J connectivity index is 1.56. The molecular formula is C20H25N5O4. The van der Waals surface area contributed by atoms with Crippen molar-refractivity contribution < 1.29 is 19.1 Å². The molecule has 0 atom stereocenters. The summed E-state index contributed by atoms with van der Waals surface area (Å²) < 4.78 is 10.5. The van der Waals surface area contributed by atoms with Crippen molar-refractivity contribution in [1.82, 2.24) is 20.4 Å². The van der Waals surface area contributed by atoms with Gasteiger partial charge in [0.2, 0.25) is 5.91 Å². The molecule has 2 amide bonds. The topological polar surface area (TPSA) is 96.9 Å². The van der Waals surface area contributed by atoms with Crippen molar-refractivity contribution in [2.24, 2.45) is 0 Å². The number of carbonyl (C=O) groups is 2. The van der Waals surface area contributed by atoms with E-state index in [2.05, 4.69) is 20.4 Å². The van der Waals surface area contributed by atoms with Crippen molar-refractivity contribution in [1.29, 1.82) is 0 Å². The zero-order valence-electron chi connectivity index (χ0n) is 16.8. The average Bonchev–Trinajstić information content (AvgIpc) is 2.77. The zero-order chi connectivity index (χ0) is 20.8. The van der Waals surface area contributed by atoms with E-state index in [4.69, 9.17) is 9.47 Å². The molecule has 1 aliphatic rings. The van der Waals surface area contributed by atoms with E-state index < -0.39 is 0 Å². The van der Waals surface area contributed by atoms with Crippen molar-refractivity contribution in [3.8, 4) is 11.5 Å². The summed E-state index contributed by atoms with van der Waals surface area (Å²) in [6.07, 6.45) is 0. The minimum Gasteiger partial charge on any atom is -0.493 e. The quantitative estimate of drug-likeness (QED) is 0.777. The van der Waals surface area contributed by atoms with E-state index in [9.17, 15) is 9.59 Å². The maximum Gasteiger partial charge on any atom is 0.272 e. The van der Waals surface area contributed by atoms with Gasteiger partial charge in [0.05, 0.1) is 14.2 Å². The summed E-state index contributed by atoms with van der Waals surface area (Å²) in [5.41, 5.74) is 1.13. The van der Waals surface area contributed by atoms with Crippen LogP contribution in [0.25, 0.3) is 0 Å². The molecule has 0 unspecified atom stereocenters. The maximum atomic E-state index is 12.4. The van der Waals surface area contributed by atoms with Gasteiger partial charge in [0, 0.05) is 39.6 Å². The van der Waals surface area contributed by atoms with Gasteiger partial charge in [0.15, 0.2) is 23.0 Å². The molecule has 154 valence electrons. The van der Waals surface area contributed by atoms with Gasteiger partial charge in [-0.1, -0.05) is 6.07 Å². The highest BCUT2D eigenvalue weighted by Gasteiger charge is 2.20. The summed E-state index contributed by atoms with van der Waals surface area (Å²) in [6, 6.07) is 8.90. The van der Waals surface area contributed by atoms with Gasteiger partial charge in [0.25, 0.3) is 5.91 Å².